The van der Waals surface area contributed by atoms with Crippen molar-refractivity contribution in [2.24, 2.45) is 0 Å². The molecule has 1 heterocycles. The number of nitro benzene ring substituents is 1. The minimum absolute atomic E-state index is 0.0124. The predicted octanol–water partition coefficient (Wildman–Crippen LogP) is 2.73. The number of benzene rings is 1. The first-order chi connectivity index (χ1) is 9.86. The zero-order valence-electron chi connectivity index (χ0n) is 10.3. The first-order valence-corrected chi connectivity index (χ1v) is 6.33. The van der Waals surface area contributed by atoms with Gasteiger partial charge in [0.2, 0.25) is 0 Å². The van der Waals surface area contributed by atoms with E-state index in [4.69, 9.17) is 5.73 Å². The second kappa shape index (κ2) is 5.83. The maximum atomic E-state index is 13.3. The molecule has 0 spiro atoms. The molecule has 21 heavy (non-hydrogen) atoms. The molecular weight excluding hydrogens is 347 g/mol. The van der Waals surface area contributed by atoms with Gasteiger partial charge in [0.1, 0.15) is 11.6 Å². The van der Waals surface area contributed by atoms with Gasteiger partial charge in [0.25, 0.3) is 11.6 Å². The van der Waals surface area contributed by atoms with Crippen LogP contribution in [-0.2, 0) is 0 Å². The minimum atomic E-state index is -0.833. The third-order valence-electron chi connectivity index (χ3n) is 2.48. The summed E-state index contributed by atoms with van der Waals surface area (Å²) in [6.07, 6.45) is 1.42. The number of nitrogen functional groups attached to an aromatic ring is 1. The van der Waals surface area contributed by atoms with E-state index in [0.717, 1.165) is 18.2 Å². The molecule has 0 aliphatic rings. The minimum Gasteiger partial charge on any atom is -0.383 e. The van der Waals surface area contributed by atoms with Crippen molar-refractivity contribution < 1.29 is 14.1 Å². The molecule has 0 saturated heterocycles. The van der Waals surface area contributed by atoms with Crippen LogP contribution in [-0.4, -0.2) is 15.8 Å². The quantitative estimate of drug-likeness (QED) is 0.650. The Kier molecular flexibility index (Phi) is 4.13. The number of non-ortho nitro benzene ring substituents is 1. The zero-order chi connectivity index (χ0) is 15.6. The molecule has 0 bridgehead atoms. The third-order valence-corrected chi connectivity index (χ3v) is 2.91. The summed E-state index contributed by atoms with van der Waals surface area (Å²) in [4.78, 5) is 25.7. The van der Waals surface area contributed by atoms with Crippen molar-refractivity contribution in [2.75, 3.05) is 11.1 Å². The monoisotopic (exact) mass is 354 g/mol. The fourth-order valence-electron chi connectivity index (χ4n) is 1.58. The number of hydrogen-bond donors (Lipinski definition) is 2. The van der Waals surface area contributed by atoms with Crippen molar-refractivity contribution >= 4 is 39.0 Å². The van der Waals surface area contributed by atoms with E-state index in [1.165, 1.54) is 12.3 Å². The van der Waals surface area contributed by atoms with Gasteiger partial charge in [-0.15, -0.1) is 0 Å². The second-order valence-electron chi connectivity index (χ2n) is 4.00. The topological polar surface area (TPSA) is 111 Å². The van der Waals surface area contributed by atoms with Crippen LogP contribution in [0.5, 0.6) is 0 Å². The standard InChI is InChI=1S/C12H8BrFN4O3/c13-6-1-10(11(15)16-5-6)12(19)17-8-2-7(14)3-9(4-8)18(20)21/h1-5H,(H2,15,16)(H,17,19). The van der Waals surface area contributed by atoms with Crippen molar-refractivity contribution in [3.63, 3.8) is 0 Å². The van der Waals surface area contributed by atoms with Crippen LogP contribution >= 0.6 is 15.9 Å². The fourth-order valence-corrected chi connectivity index (χ4v) is 1.91. The smallest absolute Gasteiger partial charge is 0.274 e. The summed E-state index contributed by atoms with van der Waals surface area (Å²) in [5.41, 5.74) is 5.13. The van der Waals surface area contributed by atoms with E-state index < -0.39 is 22.3 Å². The molecule has 0 fully saturated rings. The van der Waals surface area contributed by atoms with Crippen molar-refractivity contribution in [2.45, 2.75) is 0 Å². The molecule has 2 rings (SSSR count). The van der Waals surface area contributed by atoms with Crippen LogP contribution in [0.2, 0.25) is 0 Å². The Morgan fingerprint density at radius 3 is 2.76 bits per heavy atom. The number of carbonyl (C=O) groups is 1. The number of halogens is 2. The lowest BCUT2D eigenvalue weighted by Gasteiger charge is -2.07. The van der Waals surface area contributed by atoms with E-state index in [-0.39, 0.29) is 17.1 Å². The van der Waals surface area contributed by atoms with Gasteiger partial charge in [-0.3, -0.25) is 14.9 Å². The van der Waals surface area contributed by atoms with Gasteiger partial charge < -0.3 is 11.1 Å². The molecule has 0 unspecified atom stereocenters. The molecule has 0 radical (unpaired) electrons. The molecule has 108 valence electrons. The summed E-state index contributed by atoms with van der Waals surface area (Å²) in [5, 5.41) is 13.0. The number of nitrogens with two attached hydrogens (primary N) is 1. The number of aromatic nitrogens is 1. The summed E-state index contributed by atoms with van der Waals surface area (Å²) in [6, 6.07) is 4.20. The van der Waals surface area contributed by atoms with Crippen molar-refractivity contribution in [3.05, 3.63) is 56.4 Å². The van der Waals surface area contributed by atoms with Gasteiger partial charge in [-0.2, -0.15) is 0 Å². The van der Waals surface area contributed by atoms with Crippen LogP contribution in [0.3, 0.4) is 0 Å². The van der Waals surface area contributed by atoms with Gasteiger partial charge in [0.05, 0.1) is 22.2 Å². The van der Waals surface area contributed by atoms with Crippen LogP contribution in [0.25, 0.3) is 0 Å². The molecule has 0 saturated carbocycles. The number of amides is 1. The Bertz CT molecular complexity index is 738. The molecule has 1 aromatic heterocycles. The molecule has 9 heteroatoms. The summed E-state index contributed by atoms with van der Waals surface area (Å²) in [7, 11) is 0. The Balaban J connectivity index is 2.31. The number of hydrogen-bond acceptors (Lipinski definition) is 5. The van der Waals surface area contributed by atoms with Gasteiger partial charge in [0.15, 0.2) is 0 Å². The van der Waals surface area contributed by atoms with Crippen LogP contribution in [0.4, 0.5) is 21.6 Å². The van der Waals surface area contributed by atoms with Gasteiger partial charge in [-0.1, -0.05) is 0 Å². The normalized spacial score (nSPS) is 10.2. The molecule has 3 N–H and O–H groups in total. The Morgan fingerprint density at radius 1 is 1.38 bits per heavy atom. The Morgan fingerprint density at radius 2 is 2.10 bits per heavy atom. The summed E-state index contributed by atoms with van der Waals surface area (Å²) in [6.45, 7) is 0. The lowest BCUT2D eigenvalue weighted by Crippen LogP contribution is -2.15. The molecule has 0 atom stereocenters. The molecule has 2 aromatic rings. The number of rotatable bonds is 3. The van der Waals surface area contributed by atoms with E-state index in [9.17, 15) is 19.3 Å². The highest BCUT2D eigenvalue weighted by molar-refractivity contribution is 9.10. The SMILES string of the molecule is Nc1ncc(Br)cc1C(=O)Nc1cc(F)cc([N+](=O)[O-])c1. The maximum Gasteiger partial charge on any atom is 0.274 e. The van der Waals surface area contributed by atoms with Crippen LogP contribution in [0, 0.1) is 15.9 Å². The highest BCUT2D eigenvalue weighted by atomic mass is 79.9. The number of nitrogens with zero attached hydrogens (tertiary/aromatic N) is 2. The van der Waals surface area contributed by atoms with Crippen LogP contribution < -0.4 is 11.1 Å². The highest BCUT2D eigenvalue weighted by Crippen LogP contribution is 2.22. The average molecular weight is 355 g/mol. The molecular formula is C12H8BrFN4O3. The largest absolute Gasteiger partial charge is 0.383 e. The van der Waals surface area contributed by atoms with Gasteiger partial charge in [0, 0.05) is 16.7 Å². The number of nitro groups is 1. The zero-order valence-corrected chi connectivity index (χ0v) is 11.9. The molecule has 0 aliphatic carbocycles. The van der Waals surface area contributed by atoms with E-state index in [2.05, 4.69) is 26.2 Å². The highest BCUT2D eigenvalue weighted by Gasteiger charge is 2.15. The lowest BCUT2D eigenvalue weighted by atomic mass is 10.2. The van der Waals surface area contributed by atoms with E-state index in [0.29, 0.717) is 4.47 Å². The summed E-state index contributed by atoms with van der Waals surface area (Å²) in [5.74, 6) is -1.50. The molecule has 7 nitrogen and oxygen atoms in total. The second-order valence-corrected chi connectivity index (χ2v) is 4.91. The fraction of sp³-hybridized carbons (Fsp3) is 0. The van der Waals surface area contributed by atoms with Crippen LogP contribution in [0.15, 0.2) is 34.9 Å². The average Bonchev–Trinajstić information content (AvgIpc) is 2.40. The number of anilines is 2. The predicted molar refractivity (Wildman–Crippen MR) is 77.4 cm³/mol. The first kappa shape index (κ1) is 14.9. The number of nitrogens with one attached hydrogen (secondary N) is 1. The van der Waals surface area contributed by atoms with Gasteiger partial charge in [-0.25, -0.2) is 9.37 Å². The molecule has 1 aromatic carbocycles. The maximum absolute atomic E-state index is 13.3. The lowest BCUT2D eigenvalue weighted by molar-refractivity contribution is -0.385. The number of carbonyl (C=O) groups excluding carboxylic acids is 1. The Hall–Kier alpha value is -2.55. The van der Waals surface area contributed by atoms with Crippen molar-refractivity contribution in [1.82, 2.24) is 4.98 Å². The summed E-state index contributed by atoms with van der Waals surface area (Å²) >= 11 is 3.14. The van der Waals surface area contributed by atoms with E-state index >= 15 is 0 Å². The van der Waals surface area contributed by atoms with Crippen molar-refractivity contribution in [3.8, 4) is 0 Å². The van der Waals surface area contributed by atoms with Crippen LogP contribution in [0.1, 0.15) is 10.4 Å². The third kappa shape index (κ3) is 3.51. The van der Waals surface area contributed by atoms with E-state index in [1.807, 2.05) is 0 Å². The molecule has 0 aliphatic heterocycles. The van der Waals surface area contributed by atoms with Crippen molar-refractivity contribution in [1.29, 1.82) is 0 Å². The summed E-state index contributed by atoms with van der Waals surface area (Å²) < 4.78 is 13.8. The van der Waals surface area contributed by atoms with Gasteiger partial charge in [-0.05, 0) is 28.1 Å². The van der Waals surface area contributed by atoms with E-state index in [1.54, 1.807) is 0 Å². The Labute approximate surface area is 126 Å². The first-order valence-electron chi connectivity index (χ1n) is 5.54. The number of pyridine rings is 1. The molecule has 1 amide bonds. The van der Waals surface area contributed by atoms with Gasteiger partial charge >= 0.3 is 0 Å².